The van der Waals surface area contributed by atoms with E-state index in [4.69, 9.17) is 21.1 Å². The van der Waals surface area contributed by atoms with E-state index in [0.29, 0.717) is 28.3 Å². The molecule has 1 fully saturated rings. The van der Waals surface area contributed by atoms with Gasteiger partial charge in [-0.05, 0) is 68.5 Å². The second kappa shape index (κ2) is 9.74. The van der Waals surface area contributed by atoms with E-state index in [9.17, 15) is 9.59 Å². The molecule has 148 valence electrons. The van der Waals surface area contributed by atoms with Gasteiger partial charge in [0.2, 0.25) is 0 Å². The zero-order valence-electron chi connectivity index (χ0n) is 16.0. The van der Waals surface area contributed by atoms with E-state index in [0.717, 1.165) is 25.7 Å². The summed E-state index contributed by atoms with van der Waals surface area (Å²) in [5.41, 5.74) is 1.07. The van der Waals surface area contributed by atoms with Crippen LogP contribution < -0.4 is 4.74 Å². The van der Waals surface area contributed by atoms with Crippen LogP contribution in [-0.4, -0.2) is 24.0 Å². The van der Waals surface area contributed by atoms with Crippen molar-refractivity contribution in [1.82, 2.24) is 0 Å². The highest BCUT2D eigenvalue weighted by atomic mass is 35.5. The molecule has 0 amide bonds. The van der Waals surface area contributed by atoms with E-state index < -0.39 is 6.10 Å². The number of ether oxygens (including phenoxy) is 2. The highest BCUT2D eigenvalue weighted by molar-refractivity contribution is 6.31. The Morgan fingerprint density at radius 3 is 2.39 bits per heavy atom. The molecule has 1 aliphatic rings. The minimum absolute atomic E-state index is 0.0107. The van der Waals surface area contributed by atoms with Gasteiger partial charge in [-0.15, -0.1) is 0 Å². The van der Waals surface area contributed by atoms with Gasteiger partial charge in [-0.3, -0.25) is 4.79 Å². The van der Waals surface area contributed by atoms with Crippen LogP contribution in [0.5, 0.6) is 5.75 Å². The Hall–Kier alpha value is -2.33. The fraction of sp³-hybridized carbons (Fsp3) is 0.391. The summed E-state index contributed by atoms with van der Waals surface area (Å²) in [7, 11) is 0. The number of esters is 1. The van der Waals surface area contributed by atoms with Crippen molar-refractivity contribution in [2.45, 2.75) is 57.7 Å². The van der Waals surface area contributed by atoms with Gasteiger partial charge < -0.3 is 9.47 Å². The standard InChI is InChI=1S/C23H25ClO4/c1-2-21(23(26)28-19-9-4-3-5-10-19)27-20-13-11-16(12-14-20)22(25)17-7-6-8-18(24)15-17/h6-8,11-15,19,21H,2-5,9-10H2,1H3. The number of hydrogen-bond donors (Lipinski definition) is 0. The van der Waals surface area contributed by atoms with E-state index in [1.54, 1.807) is 48.5 Å². The molecule has 28 heavy (non-hydrogen) atoms. The van der Waals surface area contributed by atoms with Gasteiger partial charge in [0, 0.05) is 16.1 Å². The number of carbonyl (C=O) groups is 2. The normalized spacial score (nSPS) is 15.6. The monoisotopic (exact) mass is 400 g/mol. The number of halogens is 1. The Kier molecular flexibility index (Phi) is 7.10. The Morgan fingerprint density at radius 1 is 1.04 bits per heavy atom. The van der Waals surface area contributed by atoms with Gasteiger partial charge in [0.1, 0.15) is 11.9 Å². The highest BCUT2D eigenvalue weighted by Crippen LogP contribution is 2.23. The van der Waals surface area contributed by atoms with Crippen LogP contribution >= 0.6 is 11.6 Å². The lowest BCUT2D eigenvalue weighted by molar-refractivity contribution is -0.159. The lowest BCUT2D eigenvalue weighted by Crippen LogP contribution is -2.32. The Morgan fingerprint density at radius 2 is 1.75 bits per heavy atom. The first-order valence-electron chi connectivity index (χ1n) is 9.84. The van der Waals surface area contributed by atoms with Gasteiger partial charge in [-0.1, -0.05) is 37.1 Å². The van der Waals surface area contributed by atoms with Crippen LogP contribution in [0.2, 0.25) is 5.02 Å². The Balaban J connectivity index is 1.61. The molecule has 0 radical (unpaired) electrons. The van der Waals surface area contributed by atoms with Crippen molar-refractivity contribution in [3.8, 4) is 5.75 Å². The molecule has 0 bridgehead atoms. The summed E-state index contributed by atoms with van der Waals surface area (Å²) in [6.45, 7) is 1.89. The first kappa shape index (κ1) is 20.4. The van der Waals surface area contributed by atoms with E-state index in [1.165, 1.54) is 6.42 Å². The van der Waals surface area contributed by atoms with Gasteiger partial charge in [0.25, 0.3) is 0 Å². The van der Waals surface area contributed by atoms with Crippen molar-refractivity contribution in [1.29, 1.82) is 0 Å². The minimum atomic E-state index is -0.642. The van der Waals surface area contributed by atoms with Crippen LogP contribution in [0.4, 0.5) is 0 Å². The molecule has 1 saturated carbocycles. The topological polar surface area (TPSA) is 52.6 Å². The quantitative estimate of drug-likeness (QED) is 0.448. The number of hydrogen-bond acceptors (Lipinski definition) is 4. The second-order valence-corrected chi connectivity index (χ2v) is 7.51. The molecule has 0 spiro atoms. The summed E-state index contributed by atoms with van der Waals surface area (Å²) >= 11 is 5.96. The average Bonchev–Trinajstić information content (AvgIpc) is 2.72. The Bertz CT molecular complexity index is 810. The lowest BCUT2D eigenvalue weighted by Gasteiger charge is -2.24. The maximum absolute atomic E-state index is 12.5. The zero-order chi connectivity index (χ0) is 19.9. The van der Waals surface area contributed by atoms with Crippen LogP contribution in [0.25, 0.3) is 0 Å². The molecule has 2 aromatic rings. The van der Waals surface area contributed by atoms with E-state index in [2.05, 4.69) is 0 Å². The molecule has 1 atom stereocenters. The largest absolute Gasteiger partial charge is 0.479 e. The van der Waals surface area contributed by atoms with E-state index in [1.807, 2.05) is 6.92 Å². The van der Waals surface area contributed by atoms with Crippen molar-refractivity contribution in [3.63, 3.8) is 0 Å². The molecular formula is C23H25ClO4. The summed E-state index contributed by atoms with van der Waals surface area (Å²) < 4.78 is 11.4. The number of benzene rings is 2. The third-order valence-corrected chi connectivity index (χ3v) is 5.19. The molecule has 4 nitrogen and oxygen atoms in total. The molecule has 1 aliphatic carbocycles. The van der Waals surface area contributed by atoms with Gasteiger partial charge in [-0.2, -0.15) is 0 Å². The maximum atomic E-state index is 12.5. The number of rotatable bonds is 7. The highest BCUT2D eigenvalue weighted by Gasteiger charge is 2.25. The molecule has 3 rings (SSSR count). The van der Waals surface area contributed by atoms with Gasteiger partial charge in [-0.25, -0.2) is 4.79 Å². The average molecular weight is 401 g/mol. The Labute approximate surface area is 170 Å². The van der Waals surface area contributed by atoms with Crippen molar-refractivity contribution in [2.75, 3.05) is 0 Å². The summed E-state index contributed by atoms with van der Waals surface area (Å²) in [5.74, 6) is 0.112. The molecular weight excluding hydrogens is 376 g/mol. The minimum Gasteiger partial charge on any atom is -0.479 e. The predicted octanol–water partition coefficient (Wildman–Crippen LogP) is 5.60. The molecule has 0 aromatic heterocycles. The summed E-state index contributed by atoms with van der Waals surface area (Å²) in [4.78, 5) is 25.0. The number of ketones is 1. The van der Waals surface area contributed by atoms with E-state index in [-0.39, 0.29) is 17.9 Å². The SMILES string of the molecule is CCC(Oc1ccc(C(=O)c2cccc(Cl)c2)cc1)C(=O)OC1CCCCC1. The zero-order valence-corrected chi connectivity index (χ0v) is 16.8. The molecule has 0 N–H and O–H groups in total. The third-order valence-electron chi connectivity index (χ3n) is 4.95. The molecule has 5 heteroatoms. The van der Waals surface area contributed by atoms with Crippen LogP contribution in [0.3, 0.4) is 0 Å². The molecule has 0 saturated heterocycles. The summed E-state index contributed by atoms with van der Waals surface area (Å²) in [6, 6.07) is 13.6. The van der Waals surface area contributed by atoms with Crippen LogP contribution in [0.1, 0.15) is 61.4 Å². The van der Waals surface area contributed by atoms with Gasteiger partial charge in [0.15, 0.2) is 11.9 Å². The molecule has 1 unspecified atom stereocenters. The first-order chi connectivity index (χ1) is 13.6. The predicted molar refractivity (Wildman–Crippen MR) is 109 cm³/mol. The molecule has 2 aromatic carbocycles. The van der Waals surface area contributed by atoms with E-state index >= 15 is 0 Å². The fourth-order valence-electron chi connectivity index (χ4n) is 3.37. The smallest absolute Gasteiger partial charge is 0.347 e. The van der Waals surface area contributed by atoms with Crippen LogP contribution in [0, 0.1) is 0 Å². The van der Waals surface area contributed by atoms with Crippen molar-refractivity contribution in [3.05, 3.63) is 64.7 Å². The lowest BCUT2D eigenvalue weighted by atomic mass is 9.98. The maximum Gasteiger partial charge on any atom is 0.347 e. The third kappa shape index (κ3) is 5.35. The summed E-state index contributed by atoms with van der Waals surface area (Å²) in [6.07, 6.45) is 5.19. The van der Waals surface area contributed by atoms with Crippen LogP contribution in [-0.2, 0) is 9.53 Å². The fourth-order valence-corrected chi connectivity index (χ4v) is 3.56. The first-order valence-corrected chi connectivity index (χ1v) is 10.2. The van der Waals surface area contributed by atoms with Crippen molar-refractivity contribution < 1.29 is 19.1 Å². The van der Waals surface area contributed by atoms with Gasteiger partial charge >= 0.3 is 5.97 Å². The van der Waals surface area contributed by atoms with Crippen molar-refractivity contribution >= 4 is 23.4 Å². The van der Waals surface area contributed by atoms with Gasteiger partial charge in [0.05, 0.1) is 0 Å². The van der Waals surface area contributed by atoms with Crippen LogP contribution in [0.15, 0.2) is 48.5 Å². The molecule has 0 heterocycles. The van der Waals surface area contributed by atoms with Crippen molar-refractivity contribution in [2.24, 2.45) is 0 Å². The summed E-state index contributed by atoms with van der Waals surface area (Å²) in [5, 5.41) is 0.521. The second-order valence-electron chi connectivity index (χ2n) is 7.08. The molecule has 0 aliphatic heterocycles. The number of carbonyl (C=O) groups excluding carboxylic acids is 2.